The van der Waals surface area contributed by atoms with E-state index >= 15 is 0 Å². The first-order chi connectivity index (χ1) is 9.20. The average Bonchev–Trinajstić information content (AvgIpc) is 2.78. The van der Waals surface area contributed by atoms with Gasteiger partial charge >= 0.3 is 0 Å². The molecule has 1 aromatic heterocycles. The summed E-state index contributed by atoms with van der Waals surface area (Å²) in [6, 6.07) is 13.2. The van der Waals surface area contributed by atoms with Crippen LogP contribution < -0.4 is 0 Å². The van der Waals surface area contributed by atoms with Crippen molar-refractivity contribution >= 4 is 32.9 Å². The van der Waals surface area contributed by atoms with Crippen molar-refractivity contribution in [3.05, 3.63) is 53.6 Å². The molecule has 3 aromatic rings. The molecule has 2 aromatic carbocycles. The first-order valence-electron chi connectivity index (χ1n) is 5.91. The SMILES string of the molecule is Cc1ccc2nc(/N=C/c3cccc(O)c3)sc2c1. The Morgan fingerprint density at radius 3 is 2.95 bits per heavy atom. The third-order valence-corrected chi connectivity index (χ3v) is 3.65. The maximum Gasteiger partial charge on any atom is 0.210 e. The van der Waals surface area contributed by atoms with Gasteiger partial charge in [-0.05, 0) is 42.3 Å². The smallest absolute Gasteiger partial charge is 0.210 e. The quantitative estimate of drug-likeness (QED) is 0.712. The molecule has 0 amide bonds. The van der Waals surface area contributed by atoms with Crippen LogP contribution in [0.4, 0.5) is 5.13 Å². The summed E-state index contributed by atoms with van der Waals surface area (Å²) in [6.07, 6.45) is 1.71. The van der Waals surface area contributed by atoms with E-state index in [0.717, 1.165) is 20.9 Å². The minimum Gasteiger partial charge on any atom is -0.508 e. The van der Waals surface area contributed by atoms with Crippen molar-refractivity contribution in [1.82, 2.24) is 4.98 Å². The maximum atomic E-state index is 9.38. The number of aliphatic imine (C=N–C) groups is 1. The predicted octanol–water partition coefficient (Wildman–Crippen LogP) is 4.06. The molecular formula is C15H12N2OS. The highest BCUT2D eigenvalue weighted by Gasteiger charge is 2.02. The standard InChI is InChI=1S/C15H12N2OS/c1-10-5-6-13-14(7-10)19-15(17-13)16-9-11-3-2-4-12(18)8-11/h2-9,18H,1H3/b16-9+. The number of aromatic nitrogens is 1. The van der Waals surface area contributed by atoms with E-state index in [9.17, 15) is 5.11 Å². The van der Waals surface area contributed by atoms with Gasteiger partial charge in [0.25, 0.3) is 0 Å². The van der Waals surface area contributed by atoms with Gasteiger partial charge in [0, 0.05) is 6.21 Å². The number of nitrogens with zero attached hydrogens (tertiary/aromatic N) is 2. The van der Waals surface area contributed by atoms with Crippen LogP contribution in [0.25, 0.3) is 10.2 Å². The molecule has 0 radical (unpaired) electrons. The van der Waals surface area contributed by atoms with Crippen LogP contribution >= 0.6 is 11.3 Å². The Labute approximate surface area is 114 Å². The highest BCUT2D eigenvalue weighted by Crippen LogP contribution is 2.28. The number of phenolic OH excluding ortho intramolecular Hbond substituents is 1. The fourth-order valence-electron chi connectivity index (χ4n) is 1.81. The Balaban J connectivity index is 1.92. The molecular weight excluding hydrogens is 256 g/mol. The lowest BCUT2D eigenvalue weighted by atomic mass is 10.2. The van der Waals surface area contributed by atoms with E-state index < -0.39 is 0 Å². The molecule has 0 atom stereocenters. The fourth-order valence-corrected chi connectivity index (χ4v) is 2.72. The largest absolute Gasteiger partial charge is 0.508 e. The van der Waals surface area contributed by atoms with E-state index in [1.54, 1.807) is 35.8 Å². The lowest BCUT2D eigenvalue weighted by Gasteiger charge is -1.92. The van der Waals surface area contributed by atoms with E-state index in [1.807, 2.05) is 18.2 Å². The molecule has 0 saturated heterocycles. The molecule has 0 bridgehead atoms. The molecule has 0 saturated carbocycles. The highest BCUT2D eigenvalue weighted by atomic mass is 32.1. The average molecular weight is 268 g/mol. The van der Waals surface area contributed by atoms with Gasteiger partial charge in [-0.2, -0.15) is 0 Å². The summed E-state index contributed by atoms with van der Waals surface area (Å²) >= 11 is 1.56. The van der Waals surface area contributed by atoms with Gasteiger partial charge in [-0.1, -0.05) is 29.5 Å². The van der Waals surface area contributed by atoms with Crippen molar-refractivity contribution in [2.75, 3.05) is 0 Å². The molecule has 3 rings (SSSR count). The van der Waals surface area contributed by atoms with Crippen LogP contribution in [0.5, 0.6) is 5.75 Å². The van der Waals surface area contributed by atoms with Gasteiger partial charge < -0.3 is 5.11 Å². The molecule has 0 fully saturated rings. The number of fused-ring (bicyclic) bond motifs is 1. The second-order valence-corrected chi connectivity index (χ2v) is 5.33. The summed E-state index contributed by atoms with van der Waals surface area (Å²) in [5, 5.41) is 10.1. The zero-order valence-corrected chi connectivity index (χ0v) is 11.2. The minimum atomic E-state index is 0.240. The molecule has 1 N–H and O–H groups in total. The number of aromatic hydroxyl groups is 1. The Morgan fingerprint density at radius 2 is 2.11 bits per heavy atom. The highest BCUT2D eigenvalue weighted by molar-refractivity contribution is 7.22. The number of rotatable bonds is 2. The van der Waals surface area contributed by atoms with Gasteiger partial charge in [0.05, 0.1) is 10.2 Å². The number of thiazole rings is 1. The first kappa shape index (κ1) is 11.9. The van der Waals surface area contributed by atoms with Crippen molar-refractivity contribution in [3.8, 4) is 5.75 Å². The van der Waals surface area contributed by atoms with Crippen LogP contribution in [0, 0.1) is 6.92 Å². The number of benzene rings is 2. The second kappa shape index (κ2) is 4.82. The van der Waals surface area contributed by atoms with E-state index in [-0.39, 0.29) is 5.75 Å². The number of hydrogen-bond donors (Lipinski definition) is 1. The zero-order chi connectivity index (χ0) is 13.2. The summed E-state index contributed by atoms with van der Waals surface area (Å²) in [5.74, 6) is 0.240. The number of aryl methyl sites for hydroxylation is 1. The summed E-state index contributed by atoms with van der Waals surface area (Å²) in [6.45, 7) is 2.06. The van der Waals surface area contributed by atoms with Crippen molar-refractivity contribution in [2.24, 2.45) is 4.99 Å². The van der Waals surface area contributed by atoms with E-state index in [0.29, 0.717) is 0 Å². The Kier molecular flexibility index (Phi) is 3.01. The normalized spacial score (nSPS) is 11.4. The van der Waals surface area contributed by atoms with Crippen LogP contribution in [0.3, 0.4) is 0 Å². The van der Waals surface area contributed by atoms with E-state index in [1.165, 1.54) is 5.56 Å². The van der Waals surface area contributed by atoms with Crippen molar-refractivity contribution in [3.63, 3.8) is 0 Å². The van der Waals surface area contributed by atoms with Crippen LogP contribution in [0.15, 0.2) is 47.5 Å². The fraction of sp³-hybridized carbons (Fsp3) is 0.0667. The zero-order valence-electron chi connectivity index (χ0n) is 10.4. The molecule has 0 aliphatic carbocycles. The topological polar surface area (TPSA) is 45.5 Å². The lowest BCUT2D eigenvalue weighted by Crippen LogP contribution is -1.78. The van der Waals surface area contributed by atoms with Gasteiger partial charge in [-0.15, -0.1) is 0 Å². The first-order valence-corrected chi connectivity index (χ1v) is 6.73. The van der Waals surface area contributed by atoms with Crippen LogP contribution in [0.1, 0.15) is 11.1 Å². The third kappa shape index (κ3) is 2.63. The second-order valence-electron chi connectivity index (χ2n) is 4.32. The van der Waals surface area contributed by atoms with Gasteiger partial charge in [0.1, 0.15) is 5.75 Å². The Bertz CT molecular complexity index is 762. The molecule has 4 heteroatoms. The molecule has 94 valence electrons. The molecule has 0 spiro atoms. The summed E-state index contributed by atoms with van der Waals surface area (Å²) in [5.41, 5.74) is 3.05. The van der Waals surface area contributed by atoms with Crippen molar-refractivity contribution in [2.45, 2.75) is 6.92 Å². The lowest BCUT2D eigenvalue weighted by molar-refractivity contribution is 0.475. The number of hydrogen-bond acceptors (Lipinski definition) is 4. The Morgan fingerprint density at radius 1 is 1.21 bits per heavy atom. The molecule has 19 heavy (non-hydrogen) atoms. The van der Waals surface area contributed by atoms with Gasteiger partial charge in [-0.25, -0.2) is 9.98 Å². The number of phenols is 1. The monoisotopic (exact) mass is 268 g/mol. The molecule has 0 unspecified atom stereocenters. The molecule has 0 aliphatic heterocycles. The minimum absolute atomic E-state index is 0.240. The van der Waals surface area contributed by atoms with Gasteiger partial charge in [0.15, 0.2) is 0 Å². The summed E-state index contributed by atoms with van der Waals surface area (Å²) in [4.78, 5) is 8.81. The van der Waals surface area contributed by atoms with Gasteiger partial charge in [-0.3, -0.25) is 0 Å². The van der Waals surface area contributed by atoms with Crippen molar-refractivity contribution in [1.29, 1.82) is 0 Å². The van der Waals surface area contributed by atoms with Crippen LogP contribution in [-0.4, -0.2) is 16.3 Å². The summed E-state index contributed by atoms with van der Waals surface area (Å²) < 4.78 is 1.14. The molecule has 0 aliphatic rings. The Hall–Kier alpha value is -2.20. The molecule has 1 heterocycles. The van der Waals surface area contributed by atoms with Crippen LogP contribution in [-0.2, 0) is 0 Å². The molecule has 3 nitrogen and oxygen atoms in total. The maximum absolute atomic E-state index is 9.38. The van der Waals surface area contributed by atoms with E-state index in [2.05, 4.69) is 23.0 Å². The van der Waals surface area contributed by atoms with Gasteiger partial charge in [0.2, 0.25) is 5.13 Å². The van der Waals surface area contributed by atoms with Crippen molar-refractivity contribution < 1.29 is 5.11 Å². The summed E-state index contributed by atoms with van der Waals surface area (Å²) in [7, 11) is 0. The van der Waals surface area contributed by atoms with E-state index in [4.69, 9.17) is 0 Å². The van der Waals surface area contributed by atoms with Crippen LogP contribution in [0.2, 0.25) is 0 Å². The predicted molar refractivity (Wildman–Crippen MR) is 79.7 cm³/mol. The third-order valence-electron chi connectivity index (χ3n) is 2.73.